The van der Waals surface area contributed by atoms with Crippen LogP contribution < -0.4 is 10.7 Å². The van der Waals surface area contributed by atoms with Crippen LogP contribution in [0.5, 0.6) is 5.75 Å². The van der Waals surface area contributed by atoms with E-state index in [-0.39, 0.29) is 0 Å². The van der Waals surface area contributed by atoms with Gasteiger partial charge in [0.25, 0.3) is 0 Å². The maximum absolute atomic E-state index is 10.0. The first kappa shape index (κ1) is 10.5. The highest BCUT2D eigenvalue weighted by Gasteiger charge is 2.40. The third kappa shape index (κ3) is 1.43. The highest BCUT2D eigenvalue weighted by atomic mass is 16.6. The minimum Gasteiger partial charge on any atom is -0.411 e. The van der Waals surface area contributed by atoms with Gasteiger partial charge in [0, 0.05) is 12.0 Å². The van der Waals surface area contributed by atoms with E-state index in [1.54, 1.807) is 6.92 Å². The standard InChI is InChI=1S/C12H17NO2/c1-7(2)9-5-4-8-6-12(3,14)10(8)11(9)15-13/h4-5,7,14H,6,13H2,1-3H3. The zero-order chi connectivity index (χ0) is 11.2. The number of rotatable bonds is 2. The fourth-order valence-corrected chi connectivity index (χ4v) is 2.31. The maximum Gasteiger partial charge on any atom is 0.156 e. The molecule has 3 N–H and O–H groups in total. The summed E-state index contributed by atoms with van der Waals surface area (Å²) in [5.41, 5.74) is 2.26. The van der Waals surface area contributed by atoms with Crippen LogP contribution in [0.15, 0.2) is 12.1 Å². The lowest BCUT2D eigenvalue weighted by Gasteiger charge is -2.38. The van der Waals surface area contributed by atoms with Gasteiger partial charge in [0.15, 0.2) is 5.75 Å². The van der Waals surface area contributed by atoms with Crippen LogP contribution in [-0.4, -0.2) is 5.11 Å². The molecule has 0 heterocycles. The molecule has 0 bridgehead atoms. The summed E-state index contributed by atoms with van der Waals surface area (Å²) in [6.45, 7) is 5.96. The van der Waals surface area contributed by atoms with Crippen molar-refractivity contribution in [2.45, 2.75) is 38.7 Å². The monoisotopic (exact) mass is 207 g/mol. The average molecular weight is 207 g/mol. The Morgan fingerprint density at radius 3 is 2.60 bits per heavy atom. The Balaban J connectivity index is 2.59. The average Bonchev–Trinajstić information content (AvgIpc) is 2.14. The first-order chi connectivity index (χ1) is 6.97. The predicted molar refractivity (Wildman–Crippen MR) is 58.6 cm³/mol. The Hall–Kier alpha value is -1.06. The molecule has 0 saturated heterocycles. The van der Waals surface area contributed by atoms with E-state index >= 15 is 0 Å². The van der Waals surface area contributed by atoms with Crippen LogP contribution in [0.25, 0.3) is 0 Å². The van der Waals surface area contributed by atoms with Crippen molar-refractivity contribution in [3.63, 3.8) is 0 Å². The smallest absolute Gasteiger partial charge is 0.156 e. The number of hydrogen-bond acceptors (Lipinski definition) is 3. The molecule has 1 atom stereocenters. The molecular weight excluding hydrogens is 190 g/mol. The van der Waals surface area contributed by atoms with Gasteiger partial charge in [-0.2, -0.15) is 5.90 Å². The quantitative estimate of drug-likeness (QED) is 0.727. The van der Waals surface area contributed by atoms with E-state index in [1.165, 1.54) is 0 Å². The summed E-state index contributed by atoms with van der Waals surface area (Å²) >= 11 is 0. The second kappa shape index (κ2) is 3.22. The molecule has 0 saturated carbocycles. The Bertz CT molecular complexity index is 397. The van der Waals surface area contributed by atoms with Crippen molar-refractivity contribution in [2.75, 3.05) is 0 Å². The van der Waals surface area contributed by atoms with Crippen LogP contribution in [0.2, 0.25) is 0 Å². The van der Waals surface area contributed by atoms with Crippen molar-refractivity contribution in [1.29, 1.82) is 0 Å². The normalized spacial score (nSPS) is 23.6. The Morgan fingerprint density at radius 1 is 1.47 bits per heavy atom. The fraction of sp³-hybridized carbons (Fsp3) is 0.500. The van der Waals surface area contributed by atoms with Gasteiger partial charge in [0.2, 0.25) is 0 Å². The highest BCUT2D eigenvalue weighted by molar-refractivity contribution is 5.56. The molecule has 0 radical (unpaired) electrons. The van der Waals surface area contributed by atoms with Crippen LogP contribution in [0.4, 0.5) is 0 Å². The summed E-state index contributed by atoms with van der Waals surface area (Å²) < 4.78 is 0. The van der Waals surface area contributed by atoms with Crippen molar-refractivity contribution in [2.24, 2.45) is 5.90 Å². The van der Waals surface area contributed by atoms with Gasteiger partial charge in [-0.3, -0.25) is 0 Å². The van der Waals surface area contributed by atoms with Crippen molar-refractivity contribution in [1.82, 2.24) is 0 Å². The van der Waals surface area contributed by atoms with Crippen LogP contribution in [-0.2, 0) is 12.0 Å². The molecule has 82 valence electrons. The predicted octanol–water partition coefficient (Wildman–Crippen LogP) is 1.83. The number of benzene rings is 1. The molecule has 1 unspecified atom stereocenters. The van der Waals surface area contributed by atoms with Gasteiger partial charge >= 0.3 is 0 Å². The number of hydrogen-bond donors (Lipinski definition) is 2. The molecular formula is C12H17NO2. The Morgan fingerprint density at radius 2 is 2.13 bits per heavy atom. The van der Waals surface area contributed by atoms with Crippen LogP contribution in [0, 0.1) is 0 Å². The van der Waals surface area contributed by atoms with Gasteiger partial charge < -0.3 is 9.94 Å². The highest BCUT2D eigenvalue weighted by Crippen LogP contribution is 2.47. The lowest BCUT2D eigenvalue weighted by molar-refractivity contribution is 0.0288. The molecule has 0 spiro atoms. The van der Waals surface area contributed by atoms with Crippen LogP contribution >= 0.6 is 0 Å². The number of fused-ring (bicyclic) bond motifs is 1. The van der Waals surface area contributed by atoms with Gasteiger partial charge in [0.1, 0.15) is 0 Å². The summed E-state index contributed by atoms with van der Waals surface area (Å²) in [5.74, 6) is 6.29. The first-order valence-electron chi connectivity index (χ1n) is 5.22. The van der Waals surface area contributed by atoms with Gasteiger partial charge in [0.05, 0.1) is 5.60 Å². The molecule has 0 aliphatic heterocycles. The van der Waals surface area contributed by atoms with E-state index in [4.69, 9.17) is 10.7 Å². The second-order valence-electron chi connectivity index (χ2n) is 4.74. The third-order valence-electron chi connectivity index (χ3n) is 3.09. The molecule has 1 aromatic rings. The molecule has 15 heavy (non-hydrogen) atoms. The van der Waals surface area contributed by atoms with E-state index in [0.29, 0.717) is 18.1 Å². The fourth-order valence-electron chi connectivity index (χ4n) is 2.31. The molecule has 0 aromatic heterocycles. The SMILES string of the molecule is CC(C)c1ccc2c(c1ON)C(C)(O)C2. The van der Waals surface area contributed by atoms with Crippen molar-refractivity contribution >= 4 is 0 Å². The van der Waals surface area contributed by atoms with E-state index in [0.717, 1.165) is 16.7 Å². The van der Waals surface area contributed by atoms with E-state index in [9.17, 15) is 5.11 Å². The molecule has 3 heteroatoms. The first-order valence-corrected chi connectivity index (χ1v) is 5.22. The molecule has 2 rings (SSSR count). The van der Waals surface area contributed by atoms with Gasteiger partial charge in [-0.15, -0.1) is 0 Å². The summed E-state index contributed by atoms with van der Waals surface area (Å²) in [6.07, 6.45) is 0.678. The summed E-state index contributed by atoms with van der Waals surface area (Å²) in [5, 5.41) is 10.0. The molecule has 1 aromatic carbocycles. The molecule has 1 aliphatic carbocycles. The van der Waals surface area contributed by atoms with E-state index in [2.05, 4.69) is 13.8 Å². The summed E-state index contributed by atoms with van der Waals surface area (Å²) in [7, 11) is 0. The maximum atomic E-state index is 10.0. The van der Waals surface area contributed by atoms with Crippen LogP contribution in [0.1, 0.15) is 43.4 Å². The second-order valence-corrected chi connectivity index (χ2v) is 4.74. The zero-order valence-corrected chi connectivity index (χ0v) is 9.37. The van der Waals surface area contributed by atoms with E-state index in [1.807, 2.05) is 12.1 Å². The number of nitrogens with two attached hydrogens (primary N) is 1. The lowest BCUT2D eigenvalue weighted by Crippen LogP contribution is -2.36. The summed E-state index contributed by atoms with van der Waals surface area (Å²) in [4.78, 5) is 4.95. The van der Waals surface area contributed by atoms with Gasteiger partial charge in [-0.05, 0) is 24.0 Å². The lowest BCUT2D eigenvalue weighted by atomic mass is 9.72. The third-order valence-corrected chi connectivity index (χ3v) is 3.09. The molecule has 0 fully saturated rings. The Labute approximate surface area is 89.8 Å². The molecule has 0 amide bonds. The minimum absolute atomic E-state index is 0.338. The van der Waals surface area contributed by atoms with Gasteiger partial charge in [-0.25, -0.2) is 0 Å². The Kier molecular flexibility index (Phi) is 2.24. The largest absolute Gasteiger partial charge is 0.411 e. The van der Waals surface area contributed by atoms with E-state index < -0.39 is 5.60 Å². The van der Waals surface area contributed by atoms with Crippen molar-refractivity contribution < 1.29 is 9.94 Å². The van der Waals surface area contributed by atoms with Crippen molar-refractivity contribution in [3.05, 3.63) is 28.8 Å². The molecule has 1 aliphatic rings. The topological polar surface area (TPSA) is 55.5 Å². The van der Waals surface area contributed by atoms with Crippen LogP contribution in [0.3, 0.4) is 0 Å². The van der Waals surface area contributed by atoms with Gasteiger partial charge in [-0.1, -0.05) is 26.0 Å². The zero-order valence-electron chi connectivity index (χ0n) is 9.37. The number of aliphatic hydroxyl groups is 1. The molecule has 3 nitrogen and oxygen atoms in total. The van der Waals surface area contributed by atoms with Crippen molar-refractivity contribution in [3.8, 4) is 5.75 Å². The summed E-state index contributed by atoms with van der Waals surface area (Å²) in [6, 6.07) is 4.08. The minimum atomic E-state index is -0.783.